The van der Waals surface area contributed by atoms with Gasteiger partial charge in [-0.3, -0.25) is 0 Å². The molecule has 8 nitrogen and oxygen atoms in total. The normalized spacial score (nSPS) is 11.9. The number of aromatic nitrogens is 4. The van der Waals surface area contributed by atoms with Crippen molar-refractivity contribution < 1.29 is 4.52 Å². The molecule has 2 aromatic heterocycles. The highest BCUT2D eigenvalue weighted by atomic mass is 127. The van der Waals surface area contributed by atoms with Crippen LogP contribution >= 0.6 is 24.0 Å². The molecule has 0 saturated carbocycles. The van der Waals surface area contributed by atoms with Crippen LogP contribution in [0.3, 0.4) is 0 Å². The number of nitrogens with zero attached hydrogens (tertiary/aromatic N) is 5. The van der Waals surface area contributed by atoms with Crippen LogP contribution in [0.2, 0.25) is 0 Å². The van der Waals surface area contributed by atoms with E-state index in [2.05, 4.69) is 51.0 Å². The molecule has 168 valence electrons. The molecule has 0 aliphatic heterocycles. The monoisotopic (exact) mass is 537 g/mol. The van der Waals surface area contributed by atoms with E-state index in [4.69, 9.17) is 9.52 Å². The van der Waals surface area contributed by atoms with Gasteiger partial charge in [-0.25, -0.2) is 9.67 Å². The van der Waals surface area contributed by atoms with E-state index in [1.807, 2.05) is 51.4 Å². The molecule has 0 aliphatic carbocycles. The molecule has 31 heavy (non-hydrogen) atoms. The molecule has 1 aromatic carbocycles. The number of hydrogen-bond donors (Lipinski definition) is 2. The molecule has 2 N–H and O–H groups in total. The molecular weight excluding hydrogens is 505 g/mol. The van der Waals surface area contributed by atoms with Crippen LogP contribution in [0.15, 0.2) is 39.8 Å². The lowest BCUT2D eigenvalue weighted by molar-refractivity contribution is 0.318. The number of rotatable bonds is 6. The third-order valence-corrected chi connectivity index (χ3v) is 4.50. The molecule has 3 aromatic rings. The van der Waals surface area contributed by atoms with Crippen LogP contribution in [0.5, 0.6) is 0 Å². The second kappa shape index (κ2) is 10.7. The Hall–Kier alpha value is -2.43. The topological polar surface area (TPSA) is 93.2 Å². The molecule has 0 saturated heterocycles. The van der Waals surface area contributed by atoms with Crippen LogP contribution in [0.25, 0.3) is 5.69 Å². The fourth-order valence-corrected chi connectivity index (χ4v) is 3.02. The van der Waals surface area contributed by atoms with E-state index in [0.717, 1.165) is 29.2 Å². The van der Waals surface area contributed by atoms with E-state index in [1.165, 1.54) is 0 Å². The van der Waals surface area contributed by atoms with E-state index in [-0.39, 0.29) is 29.4 Å². The third kappa shape index (κ3) is 6.52. The zero-order valence-corrected chi connectivity index (χ0v) is 21.4. The van der Waals surface area contributed by atoms with Gasteiger partial charge < -0.3 is 15.2 Å². The summed E-state index contributed by atoms with van der Waals surface area (Å²) in [5.74, 6) is 1.93. The van der Waals surface area contributed by atoms with Crippen LogP contribution < -0.4 is 10.6 Å². The zero-order chi connectivity index (χ0) is 21.7. The minimum Gasteiger partial charge on any atom is -0.357 e. The summed E-state index contributed by atoms with van der Waals surface area (Å²) in [5.41, 5.74) is 4.05. The predicted octanol–water partition coefficient (Wildman–Crippen LogP) is 4.04. The van der Waals surface area contributed by atoms with Crippen molar-refractivity contribution >= 4 is 29.9 Å². The molecule has 0 atom stereocenters. The van der Waals surface area contributed by atoms with E-state index >= 15 is 0 Å². The number of para-hydroxylation sites is 1. The molecule has 0 bridgehead atoms. The first-order chi connectivity index (χ1) is 14.3. The van der Waals surface area contributed by atoms with Crippen LogP contribution in [0.4, 0.5) is 0 Å². The lowest BCUT2D eigenvalue weighted by Crippen LogP contribution is -2.37. The highest BCUT2D eigenvalue weighted by molar-refractivity contribution is 14.0. The van der Waals surface area contributed by atoms with E-state index in [1.54, 1.807) is 0 Å². The van der Waals surface area contributed by atoms with Crippen molar-refractivity contribution in [3.63, 3.8) is 0 Å². The summed E-state index contributed by atoms with van der Waals surface area (Å²) in [6, 6.07) is 10.3. The predicted molar refractivity (Wildman–Crippen MR) is 133 cm³/mol. The zero-order valence-electron chi connectivity index (χ0n) is 19.1. The van der Waals surface area contributed by atoms with Crippen molar-refractivity contribution in [3.8, 4) is 5.69 Å². The SMILES string of the molecule is CCNC(=NCc1ccccc1-n1nc(C)cc1C)NCc1noc(C(C)(C)C)n1.I. The standard InChI is InChI=1S/C22H31N7O.HI/c1-7-23-21(25-14-19-26-20(30-28-19)22(4,5)6)24-13-17-10-8-9-11-18(17)29-16(3)12-15(2)27-29;/h8-12H,7,13-14H2,1-6H3,(H2,23,24,25);1H. The first-order valence-corrected chi connectivity index (χ1v) is 10.2. The number of aliphatic imine (C=N–C) groups is 1. The lowest BCUT2D eigenvalue weighted by Gasteiger charge is -2.12. The second-order valence-corrected chi connectivity index (χ2v) is 8.28. The maximum Gasteiger partial charge on any atom is 0.232 e. The molecule has 0 amide bonds. The number of benzene rings is 1. The maximum absolute atomic E-state index is 5.36. The molecule has 2 heterocycles. The van der Waals surface area contributed by atoms with Gasteiger partial charge >= 0.3 is 0 Å². The molecule has 0 unspecified atom stereocenters. The van der Waals surface area contributed by atoms with Gasteiger partial charge in [0.25, 0.3) is 0 Å². The minimum atomic E-state index is -0.170. The smallest absolute Gasteiger partial charge is 0.232 e. The Balaban J connectivity index is 0.00000341. The largest absolute Gasteiger partial charge is 0.357 e. The van der Waals surface area contributed by atoms with Crippen molar-refractivity contribution in [2.45, 2.75) is 60.0 Å². The fourth-order valence-electron chi connectivity index (χ4n) is 3.02. The molecule has 0 aliphatic rings. The van der Waals surface area contributed by atoms with Crippen molar-refractivity contribution in [2.75, 3.05) is 6.54 Å². The van der Waals surface area contributed by atoms with Crippen LogP contribution in [-0.2, 0) is 18.5 Å². The minimum absolute atomic E-state index is 0. The number of aryl methyl sites for hydroxylation is 2. The Labute approximate surface area is 200 Å². The molecule has 3 rings (SSSR count). The second-order valence-electron chi connectivity index (χ2n) is 8.28. The van der Waals surface area contributed by atoms with E-state index in [0.29, 0.717) is 30.8 Å². The highest BCUT2D eigenvalue weighted by Crippen LogP contribution is 2.20. The van der Waals surface area contributed by atoms with Gasteiger partial charge in [-0.1, -0.05) is 44.1 Å². The summed E-state index contributed by atoms with van der Waals surface area (Å²) in [7, 11) is 0. The molecule has 0 fully saturated rings. The Kier molecular flexibility index (Phi) is 8.60. The van der Waals surface area contributed by atoms with Gasteiger partial charge in [0.15, 0.2) is 11.8 Å². The number of halogens is 1. The van der Waals surface area contributed by atoms with Gasteiger partial charge in [0.2, 0.25) is 5.89 Å². The van der Waals surface area contributed by atoms with E-state index < -0.39 is 0 Å². The van der Waals surface area contributed by atoms with Crippen molar-refractivity contribution in [3.05, 3.63) is 59.0 Å². The third-order valence-electron chi connectivity index (χ3n) is 4.50. The number of guanidine groups is 1. The summed E-state index contributed by atoms with van der Waals surface area (Å²) in [6.45, 7) is 13.9. The van der Waals surface area contributed by atoms with Gasteiger partial charge in [0, 0.05) is 17.7 Å². The van der Waals surface area contributed by atoms with Crippen molar-refractivity contribution in [1.82, 2.24) is 30.6 Å². The maximum atomic E-state index is 5.36. The fraction of sp³-hybridized carbons (Fsp3) is 0.455. The first-order valence-electron chi connectivity index (χ1n) is 10.2. The van der Waals surface area contributed by atoms with Gasteiger partial charge in [-0.15, -0.1) is 24.0 Å². The summed E-state index contributed by atoms with van der Waals surface area (Å²) >= 11 is 0. The average Bonchev–Trinajstić information content (AvgIpc) is 3.30. The summed E-state index contributed by atoms with van der Waals surface area (Å²) in [4.78, 5) is 9.21. The number of nitrogens with one attached hydrogen (secondary N) is 2. The Bertz CT molecular complexity index is 1020. The average molecular weight is 537 g/mol. The Morgan fingerprint density at radius 2 is 1.90 bits per heavy atom. The van der Waals surface area contributed by atoms with Crippen molar-refractivity contribution in [2.24, 2.45) is 4.99 Å². The molecule has 9 heteroatoms. The van der Waals surface area contributed by atoms with E-state index in [9.17, 15) is 0 Å². The molecule has 0 spiro atoms. The lowest BCUT2D eigenvalue weighted by atomic mass is 9.97. The summed E-state index contributed by atoms with van der Waals surface area (Å²) in [5, 5.41) is 15.2. The van der Waals surface area contributed by atoms with Gasteiger partial charge in [-0.2, -0.15) is 10.1 Å². The summed E-state index contributed by atoms with van der Waals surface area (Å²) in [6.07, 6.45) is 0. The quantitative estimate of drug-likeness (QED) is 0.280. The van der Waals surface area contributed by atoms with Crippen LogP contribution in [0, 0.1) is 13.8 Å². The van der Waals surface area contributed by atoms with Gasteiger partial charge in [0.05, 0.1) is 24.5 Å². The Morgan fingerprint density at radius 3 is 2.52 bits per heavy atom. The van der Waals surface area contributed by atoms with Crippen LogP contribution in [-0.4, -0.2) is 32.4 Å². The number of hydrogen-bond acceptors (Lipinski definition) is 5. The Morgan fingerprint density at radius 1 is 1.16 bits per heavy atom. The van der Waals surface area contributed by atoms with Gasteiger partial charge in [-0.05, 0) is 38.5 Å². The summed E-state index contributed by atoms with van der Waals surface area (Å²) < 4.78 is 7.32. The highest BCUT2D eigenvalue weighted by Gasteiger charge is 2.21. The van der Waals surface area contributed by atoms with Gasteiger partial charge in [0.1, 0.15) is 0 Å². The first kappa shape index (κ1) is 24.8. The molecule has 0 radical (unpaired) electrons. The van der Waals surface area contributed by atoms with Crippen LogP contribution in [0.1, 0.15) is 56.4 Å². The van der Waals surface area contributed by atoms with Crippen molar-refractivity contribution in [1.29, 1.82) is 0 Å². The molecular formula is C22H32IN7O.